The van der Waals surface area contributed by atoms with Crippen molar-refractivity contribution in [3.63, 3.8) is 0 Å². The Kier molecular flexibility index (Phi) is 2.33. The molecule has 1 spiro atoms. The second-order valence-electron chi connectivity index (χ2n) is 5.28. The summed E-state index contributed by atoms with van der Waals surface area (Å²) in [5.41, 5.74) is 0.0593. The summed E-state index contributed by atoms with van der Waals surface area (Å²) in [6.07, 6.45) is 2.71. The molecule has 0 aliphatic carbocycles. The van der Waals surface area contributed by atoms with Crippen LogP contribution in [0.4, 0.5) is 0 Å². The number of ether oxygens (including phenoxy) is 1. The molecule has 4 aliphatic rings. The van der Waals surface area contributed by atoms with Gasteiger partial charge in [0, 0.05) is 19.0 Å². The molecule has 5 heterocycles. The fraction of sp³-hybridized carbons (Fsp3) is 0.727. The van der Waals surface area contributed by atoms with E-state index in [1.165, 1.54) is 36.9 Å². The van der Waals surface area contributed by atoms with Gasteiger partial charge < -0.3 is 9.13 Å². The average molecular weight is 377 g/mol. The van der Waals surface area contributed by atoms with E-state index in [1.807, 2.05) is 0 Å². The summed E-state index contributed by atoms with van der Waals surface area (Å²) in [5, 5.41) is 0. The second-order valence-corrected chi connectivity index (χ2v) is 6.78. The van der Waals surface area contributed by atoms with Crippen molar-refractivity contribution in [1.82, 2.24) is 9.55 Å². The van der Waals surface area contributed by atoms with Crippen molar-refractivity contribution in [2.75, 3.05) is 19.6 Å². The molecule has 18 heavy (non-hydrogen) atoms. The van der Waals surface area contributed by atoms with Gasteiger partial charge in [-0.3, -0.25) is 4.57 Å². The van der Waals surface area contributed by atoms with Crippen LogP contribution in [-0.4, -0.2) is 47.2 Å². The minimum Gasteiger partial charge on any atom is -0.519 e. The molecule has 3 fully saturated rings. The van der Waals surface area contributed by atoms with Gasteiger partial charge in [-0.1, -0.05) is 0 Å². The predicted octanol–water partition coefficient (Wildman–Crippen LogP) is 1.06. The van der Waals surface area contributed by atoms with E-state index in [9.17, 15) is 0 Å². The van der Waals surface area contributed by atoms with Crippen molar-refractivity contribution >= 4 is 39.8 Å². The number of rotatable bonds is 0. The standard InChI is InChI=1S/C11H16BBr2N3O/c12-17-3-1-7(2-4-17)11(6-17)5-16-9(14)8(13)15-10(16)18-11/h7H,1-6H2,12H3. The Morgan fingerprint density at radius 1 is 1.39 bits per heavy atom. The minimum atomic E-state index is 0.0593. The van der Waals surface area contributed by atoms with E-state index in [0.717, 1.165) is 27.7 Å². The normalized spacial score (nSPS) is 41.2. The minimum absolute atomic E-state index is 0.0593. The maximum atomic E-state index is 6.35. The second kappa shape index (κ2) is 3.55. The van der Waals surface area contributed by atoms with Gasteiger partial charge in [0.1, 0.15) is 9.21 Å². The number of fused-ring (bicyclic) bond motifs is 3. The summed E-state index contributed by atoms with van der Waals surface area (Å²) in [6.45, 7) is 5.06. The molecular formula is C11H16BBr2N3O. The molecule has 3 saturated heterocycles. The number of halogens is 2. The first-order valence-electron chi connectivity index (χ1n) is 6.01. The lowest BCUT2D eigenvalue weighted by atomic mass is 9.72. The SMILES string of the molecule is [BH3-][N+]12CCC(CC1)C1(Cn3c(nc(Br)c3Br)O1)C2. The van der Waals surface area contributed by atoms with E-state index in [0.29, 0.717) is 7.98 Å². The number of aromatic nitrogens is 2. The number of quaternary nitrogens is 1. The Morgan fingerprint density at radius 3 is 2.72 bits per heavy atom. The third-order valence-electron chi connectivity index (χ3n) is 4.38. The maximum Gasteiger partial charge on any atom is 0.299 e. The molecule has 1 aromatic heterocycles. The summed E-state index contributed by atoms with van der Waals surface area (Å²) < 4.78 is 11.8. The first-order chi connectivity index (χ1) is 8.51. The molecule has 4 nitrogen and oxygen atoms in total. The molecule has 1 unspecified atom stereocenters. The highest BCUT2D eigenvalue weighted by Gasteiger charge is 2.56. The summed E-state index contributed by atoms with van der Waals surface area (Å²) in [5.74, 6) is 0.739. The Hall–Kier alpha value is -0.00506. The topological polar surface area (TPSA) is 27.1 Å². The fourth-order valence-corrected chi connectivity index (χ4v) is 4.23. The monoisotopic (exact) mass is 375 g/mol. The molecule has 0 saturated carbocycles. The Balaban J connectivity index is 1.72. The van der Waals surface area contributed by atoms with Gasteiger partial charge in [0.15, 0.2) is 13.6 Å². The van der Waals surface area contributed by atoms with E-state index >= 15 is 0 Å². The van der Waals surface area contributed by atoms with Crippen molar-refractivity contribution in [2.24, 2.45) is 5.92 Å². The van der Waals surface area contributed by atoms with Crippen LogP contribution in [0.5, 0.6) is 6.01 Å². The predicted molar refractivity (Wildman–Crippen MR) is 78.5 cm³/mol. The van der Waals surface area contributed by atoms with Crippen LogP contribution < -0.4 is 4.74 Å². The molecule has 2 bridgehead atoms. The lowest BCUT2D eigenvalue weighted by molar-refractivity contribution is -0.845. The van der Waals surface area contributed by atoms with Gasteiger partial charge in [0.2, 0.25) is 0 Å². The van der Waals surface area contributed by atoms with E-state index in [4.69, 9.17) is 4.74 Å². The highest BCUT2D eigenvalue weighted by molar-refractivity contribution is 9.13. The molecule has 1 atom stereocenters. The summed E-state index contributed by atoms with van der Waals surface area (Å²) >= 11 is 7.06. The van der Waals surface area contributed by atoms with Gasteiger partial charge in [-0.15, -0.1) is 0 Å². The smallest absolute Gasteiger partial charge is 0.299 e. The third kappa shape index (κ3) is 1.44. The van der Waals surface area contributed by atoms with E-state index in [-0.39, 0.29) is 5.60 Å². The molecule has 7 heteroatoms. The molecule has 0 N–H and O–H groups in total. The number of hydrogen-bond donors (Lipinski definition) is 0. The lowest BCUT2D eigenvalue weighted by Gasteiger charge is -2.60. The maximum absolute atomic E-state index is 6.35. The quantitative estimate of drug-likeness (QED) is 0.633. The summed E-state index contributed by atoms with van der Waals surface area (Å²) in [4.78, 5) is 4.47. The first-order valence-corrected chi connectivity index (χ1v) is 7.59. The molecule has 5 rings (SSSR count). The highest BCUT2D eigenvalue weighted by Crippen LogP contribution is 2.47. The third-order valence-corrected chi connectivity index (χ3v) is 6.26. The van der Waals surface area contributed by atoms with Gasteiger partial charge >= 0.3 is 0 Å². The van der Waals surface area contributed by atoms with Crippen LogP contribution in [0.3, 0.4) is 0 Å². The van der Waals surface area contributed by atoms with Gasteiger partial charge in [-0.2, -0.15) is 4.98 Å². The number of piperidine rings is 3. The fourth-order valence-electron chi connectivity index (χ4n) is 3.50. The Morgan fingerprint density at radius 2 is 2.11 bits per heavy atom. The van der Waals surface area contributed by atoms with E-state index < -0.39 is 0 Å². The van der Waals surface area contributed by atoms with Crippen molar-refractivity contribution in [3.05, 3.63) is 9.21 Å². The molecule has 0 aromatic carbocycles. The lowest BCUT2D eigenvalue weighted by Crippen LogP contribution is -2.70. The van der Waals surface area contributed by atoms with E-state index in [1.54, 1.807) is 0 Å². The average Bonchev–Trinajstić information content (AvgIpc) is 2.77. The zero-order valence-corrected chi connectivity index (χ0v) is 12.5. The van der Waals surface area contributed by atoms with Crippen LogP contribution in [0.2, 0.25) is 0 Å². The van der Waals surface area contributed by atoms with Gasteiger partial charge in [0.25, 0.3) is 6.01 Å². The van der Waals surface area contributed by atoms with Gasteiger partial charge in [0.05, 0.1) is 13.1 Å². The zero-order chi connectivity index (χ0) is 12.5. The Labute approximate surface area is 124 Å². The number of imidazole rings is 1. The van der Waals surface area contributed by atoms with Crippen LogP contribution in [0.1, 0.15) is 12.8 Å². The van der Waals surface area contributed by atoms with Crippen LogP contribution in [0.25, 0.3) is 0 Å². The zero-order valence-electron chi connectivity index (χ0n) is 9.33. The van der Waals surface area contributed by atoms with Crippen LogP contribution >= 0.6 is 31.9 Å². The number of nitrogens with zero attached hydrogens (tertiary/aromatic N) is 3. The first kappa shape index (κ1) is 11.8. The molecule has 98 valence electrons. The molecule has 0 radical (unpaired) electrons. The van der Waals surface area contributed by atoms with E-state index in [2.05, 4.69) is 41.4 Å². The summed E-state index contributed by atoms with van der Waals surface area (Å²) in [6, 6.07) is 0.800. The Bertz CT molecular complexity index is 527. The van der Waals surface area contributed by atoms with Crippen LogP contribution in [0.15, 0.2) is 9.21 Å². The van der Waals surface area contributed by atoms with Crippen molar-refractivity contribution in [3.8, 4) is 6.01 Å². The highest BCUT2D eigenvalue weighted by atomic mass is 79.9. The molecular weight excluding hydrogens is 361 g/mol. The molecule has 0 amide bonds. The van der Waals surface area contributed by atoms with Crippen molar-refractivity contribution < 1.29 is 9.13 Å². The van der Waals surface area contributed by atoms with Gasteiger partial charge in [-0.05, 0) is 44.7 Å². The largest absolute Gasteiger partial charge is 0.519 e. The van der Waals surface area contributed by atoms with Crippen LogP contribution in [0, 0.1) is 5.92 Å². The number of hydrogen-bond acceptors (Lipinski definition) is 2. The molecule has 4 aliphatic heterocycles. The summed E-state index contributed by atoms with van der Waals surface area (Å²) in [7, 11) is 0.337. The van der Waals surface area contributed by atoms with Crippen LogP contribution in [-0.2, 0) is 6.54 Å². The molecule has 1 aromatic rings. The van der Waals surface area contributed by atoms with Crippen molar-refractivity contribution in [2.45, 2.75) is 25.0 Å². The van der Waals surface area contributed by atoms with Gasteiger partial charge in [-0.25, -0.2) is 0 Å². The van der Waals surface area contributed by atoms with Crippen molar-refractivity contribution in [1.29, 1.82) is 0 Å².